The summed E-state index contributed by atoms with van der Waals surface area (Å²) >= 11 is 2.79. The summed E-state index contributed by atoms with van der Waals surface area (Å²) in [6, 6.07) is 9.49. The van der Waals surface area contributed by atoms with E-state index in [1.165, 1.54) is 28.0 Å². The van der Waals surface area contributed by atoms with Gasteiger partial charge in [0.1, 0.15) is 17.3 Å². The number of nitriles is 1. The van der Waals surface area contributed by atoms with E-state index in [-0.39, 0.29) is 34.9 Å². The van der Waals surface area contributed by atoms with E-state index in [0.29, 0.717) is 34.1 Å². The van der Waals surface area contributed by atoms with Gasteiger partial charge in [0.05, 0.1) is 5.57 Å². The average Bonchev–Trinajstić information content (AvgIpc) is 3.32. The molecule has 5 rings (SSSR count). The van der Waals surface area contributed by atoms with E-state index in [1.807, 2.05) is 44.4 Å². The van der Waals surface area contributed by atoms with Crippen molar-refractivity contribution in [3.63, 3.8) is 0 Å². The molecular weight excluding hydrogens is 456 g/mol. The maximum Gasteiger partial charge on any atom is 0.247 e. The van der Waals surface area contributed by atoms with Crippen LogP contribution in [0.1, 0.15) is 32.3 Å². The van der Waals surface area contributed by atoms with Crippen molar-refractivity contribution in [2.45, 2.75) is 36.4 Å². The Morgan fingerprint density at radius 1 is 1.21 bits per heavy atom. The molecule has 8 nitrogen and oxygen atoms in total. The Bertz CT molecular complexity index is 1330. The zero-order valence-electron chi connectivity index (χ0n) is 18.7. The molecule has 3 aliphatic rings. The number of benzene rings is 1. The third-order valence-corrected chi connectivity index (χ3v) is 8.42. The Morgan fingerprint density at radius 2 is 1.94 bits per heavy atom. The second-order valence-electron chi connectivity index (χ2n) is 9.16. The molecule has 0 bridgehead atoms. The molecule has 0 saturated heterocycles. The molecule has 1 amide bonds. The van der Waals surface area contributed by atoms with Crippen LogP contribution in [0.15, 0.2) is 51.3 Å². The van der Waals surface area contributed by atoms with Crippen LogP contribution >= 0.6 is 23.1 Å². The first kappa shape index (κ1) is 21.7. The molecule has 0 unspecified atom stereocenters. The summed E-state index contributed by atoms with van der Waals surface area (Å²) in [5, 5.41) is 19.3. The summed E-state index contributed by atoms with van der Waals surface area (Å²) < 4.78 is 0.738. The van der Waals surface area contributed by atoms with E-state index >= 15 is 0 Å². The Hall–Kier alpha value is -3.16. The molecule has 1 aromatic carbocycles. The van der Waals surface area contributed by atoms with E-state index in [4.69, 9.17) is 5.73 Å². The highest BCUT2D eigenvalue weighted by molar-refractivity contribution is 8.00. The zero-order chi connectivity index (χ0) is 23.7. The molecule has 1 aliphatic carbocycles. The maximum atomic E-state index is 14.0. The standard InChI is InChI=1S/C23H22N6O2S2/c1-22(2)9-15-17(16(30)10-22)23(12-7-5-6-8-14(12)28(3)19(23)31)13(11-24)18(25)29(15)20-26-27-21(32-4)33-20/h5-8H,9-10,25H2,1-4H3/t23-/m0/s1. The third-order valence-electron chi connectivity index (χ3n) is 6.54. The second kappa shape index (κ2) is 7.17. The predicted octanol–water partition coefficient (Wildman–Crippen LogP) is 3.33. The molecule has 1 aromatic heterocycles. The van der Waals surface area contributed by atoms with Crippen LogP contribution in [0.25, 0.3) is 0 Å². The number of carbonyl (C=O) groups is 2. The van der Waals surface area contributed by atoms with Crippen LogP contribution < -0.4 is 15.5 Å². The number of carbonyl (C=O) groups excluding carboxylic acids is 2. The average molecular weight is 479 g/mol. The van der Waals surface area contributed by atoms with Crippen molar-refractivity contribution in [3.8, 4) is 6.07 Å². The molecule has 33 heavy (non-hydrogen) atoms. The van der Waals surface area contributed by atoms with E-state index < -0.39 is 5.41 Å². The number of allylic oxidation sites excluding steroid dienone is 1. The van der Waals surface area contributed by atoms with Crippen LogP contribution in [0.3, 0.4) is 0 Å². The minimum absolute atomic E-state index is 0.0528. The molecule has 2 aliphatic heterocycles. The number of likely N-dealkylation sites (N-methyl/N-ethyl adjacent to an activating group) is 1. The number of rotatable bonds is 2. The number of anilines is 2. The van der Waals surface area contributed by atoms with E-state index in [0.717, 1.165) is 4.34 Å². The van der Waals surface area contributed by atoms with Crippen molar-refractivity contribution in [1.29, 1.82) is 5.26 Å². The topological polar surface area (TPSA) is 116 Å². The highest BCUT2D eigenvalue weighted by Gasteiger charge is 2.62. The SMILES string of the molecule is CSc1nnc(N2C(N)=C(C#N)[C@]3(C(=O)N(C)c4ccccc43)C3=C2CC(C)(C)CC3=O)s1. The van der Waals surface area contributed by atoms with Gasteiger partial charge < -0.3 is 10.6 Å². The van der Waals surface area contributed by atoms with Crippen LogP contribution in [0, 0.1) is 16.7 Å². The van der Waals surface area contributed by atoms with Crippen molar-refractivity contribution in [2.75, 3.05) is 23.1 Å². The summed E-state index contributed by atoms with van der Waals surface area (Å²) in [7, 11) is 1.67. The monoisotopic (exact) mass is 478 g/mol. The van der Waals surface area contributed by atoms with Crippen LogP contribution in [0.2, 0.25) is 0 Å². The number of ketones is 1. The molecule has 0 saturated carbocycles. The second-order valence-corrected chi connectivity index (χ2v) is 11.2. The van der Waals surface area contributed by atoms with Gasteiger partial charge in [-0.25, -0.2) is 0 Å². The summed E-state index contributed by atoms with van der Waals surface area (Å²) in [4.78, 5) is 31.0. The van der Waals surface area contributed by atoms with Gasteiger partial charge in [-0.2, -0.15) is 5.26 Å². The summed E-state index contributed by atoms with van der Waals surface area (Å²) in [6.45, 7) is 4.03. The number of nitrogens with two attached hydrogens (primary N) is 1. The van der Waals surface area contributed by atoms with Gasteiger partial charge in [-0.15, -0.1) is 10.2 Å². The number of fused-ring (bicyclic) bond motifs is 3. The summed E-state index contributed by atoms with van der Waals surface area (Å²) in [6.07, 6.45) is 2.67. The summed E-state index contributed by atoms with van der Waals surface area (Å²) in [5.41, 5.74) is 7.05. The fourth-order valence-electron chi connectivity index (χ4n) is 5.26. The van der Waals surface area contributed by atoms with Crippen molar-refractivity contribution in [2.24, 2.45) is 11.1 Å². The van der Waals surface area contributed by atoms with Gasteiger partial charge in [0.25, 0.3) is 0 Å². The van der Waals surface area contributed by atoms with Crippen molar-refractivity contribution >= 4 is 45.6 Å². The van der Waals surface area contributed by atoms with Gasteiger partial charge >= 0.3 is 0 Å². The highest BCUT2D eigenvalue weighted by Crippen LogP contribution is 2.58. The molecule has 168 valence electrons. The number of hydrogen-bond acceptors (Lipinski definition) is 9. The fourth-order valence-corrected chi connectivity index (χ4v) is 6.56. The van der Waals surface area contributed by atoms with Gasteiger partial charge in [-0.05, 0) is 24.2 Å². The molecule has 10 heteroatoms. The van der Waals surface area contributed by atoms with Gasteiger partial charge in [0, 0.05) is 36.0 Å². The number of aromatic nitrogens is 2. The Kier molecular flexibility index (Phi) is 4.71. The number of hydrogen-bond donors (Lipinski definition) is 1. The van der Waals surface area contributed by atoms with Gasteiger partial charge in [0.2, 0.25) is 11.0 Å². The zero-order valence-corrected chi connectivity index (χ0v) is 20.3. The first-order chi connectivity index (χ1) is 15.7. The molecule has 0 radical (unpaired) electrons. The lowest BCUT2D eigenvalue weighted by Gasteiger charge is -2.45. The summed E-state index contributed by atoms with van der Waals surface area (Å²) in [5.74, 6) is -0.381. The number of para-hydroxylation sites is 1. The first-order valence-corrected chi connectivity index (χ1v) is 12.4. The van der Waals surface area contributed by atoms with Crippen LogP contribution in [0.5, 0.6) is 0 Å². The number of amides is 1. The number of nitrogens with zero attached hydrogens (tertiary/aromatic N) is 5. The lowest BCUT2D eigenvalue weighted by atomic mass is 9.61. The van der Waals surface area contributed by atoms with Crippen molar-refractivity contribution in [3.05, 3.63) is 52.5 Å². The molecule has 1 spiro atoms. The lowest BCUT2D eigenvalue weighted by molar-refractivity contribution is -0.124. The Labute approximate surface area is 199 Å². The largest absolute Gasteiger partial charge is 0.384 e. The minimum Gasteiger partial charge on any atom is -0.384 e. The normalized spacial score (nSPS) is 23.8. The van der Waals surface area contributed by atoms with E-state index in [9.17, 15) is 14.9 Å². The molecule has 2 aromatic rings. The van der Waals surface area contributed by atoms with Crippen molar-refractivity contribution < 1.29 is 9.59 Å². The lowest BCUT2D eigenvalue weighted by Crippen LogP contribution is -2.53. The fraction of sp³-hybridized carbons (Fsp3) is 0.348. The minimum atomic E-state index is -1.56. The highest BCUT2D eigenvalue weighted by atomic mass is 32.2. The molecule has 2 N–H and O–H groups in total. The number of thioether (sulfide) groups is 1. The third kappa shape index (κ3) is 2.75. The Balaban J connectivity index is 1.90. The van der Waals surface area contributed by atoms with Crippen LogP contribution in [-0.2, 0) is 15.0 Å². The van der Waals surface area contributed by atoms with Crippen molar-refractivity contribution in [1.82, 2.24) is 10.2 Å². The van der Waals surface area contributed by atoms with Crippen LogP contribution in [-0.4, -0.2) is 35.2 Å². The van der Waals surface area contributed by atoms with E-state index in [2.05, 4.69) is 16.3 Å². The van der Waals surface area contributed by atoms with Gasteiger partial charge in [0.15, 0.2) is 10.1 Å². The molecular formula is C23H22N6O2S2. The Morgan fingerprint density at radius 3 is 2.61 bits per heavy atom. The number of Topliss-reactive ketones (excluding diaryl/α,β-unsaturated/α-hetero) is 1. The molecule has 1 atom stereocenters. The quantitative estimate of drug-likeness (QED) is 0.654. The van der Waals surface area contributed by atoms with E-state index in [1.54, 1.807) is 11.9 Å². The van der Waals surface area contributed by atoms with Gasteiger partial charge in [-0.3, -0.25) is 14.5 Å². The smallest absolute Gasteiger partial charge is 0.247 e. The first-order valence-electron chi connectivity index (χ1n) is 10.4. The van der Waals surface area contributed by atoms with Gasteiger partial charge in [-0.1, -0.05) is 55.1 Å². The molecule has 0 fully saturated rings. The van der Waals surface area contributed by atoms with Crippen LogP contribution in [0.4, 0.5) is 10.8 Å². The molecule has 3 heterocycles. The maximum absolute atomic E-state index is 14.0. The predicted molar refractivity (Wildman–Crippen MR) is 128 cm³/mol.